The van der Waals surface area contributed by atoms with Gasteiger partial charge in [0.1, 0.15) is 11.6 Å². The Morgan fingerprint density at radius 3 is 2.68 bits per heavy atom. The van der Waals surface area contributed by atoms with Gasteiger partial charge in [0.2, 0.25) is 0 Å². The van der Waals surface area contributed by atoms with E-state index in [1.807, 2.05) is 6.92 Å². The van der Waals surface area contributed by atoms with Crippen molar-refractivity contribution >= 4 is 21.2 Å². The standard InChI is InChI=1S/C14H15F2NO3S2/c1-2-14-17-10(6-21-14)7-22(19,20)8-13(18)11-4-3-9(15)5-12(11)16/h3-6,13,18H,2,7-8H2,1H3. The Kier molecular flexibility index (Phi) is 5.25. The minimum atomic E-state index is -3.67. The lowest BCUT2D eigenvalue weighted by atomic mass is 10.1. The average molecular weight is 347 g/mol. The second-order valence-electron chi connectivity index (χ2n) is 4.82. The molecule has 0 amide bonds. The molecule has 22 heavy (non-hydrogen) atoms. The number of thiazole rings is 1. The second-order valence-corrected chi connectivity index (χ2v) is 7.87. The normalized spacial score (nSPS) is 13.3. The summed E-state index contributed by atoms with van der Waals surface area (Å²) in [5.74, 6) is -2.71. The van der Waals surface area contributed by atoms with Gasteiger partial charge >= 0.3 is 0 Å². The molecule has 1 N–H and O–H groups in total. The molecule has 0 aliphatic rings. The SMILES string of the molecule is CCc1nc(CS(=O)(=O)CC(O)c2ccc(F)cc2F)cs1. The number of hydrogen-bond acceptors (Lipinski definition) is 5. The molecular formula is C14H15F2NO3S2. The molecule has 2 aromatic rings. The largest absolute Gasteiger partial charge is 0.387 e. The van der Waals surface area contributed by atoms with Crippen molar-refractivity contribution < 1.29 is 22.3 Å². The summed E-state index contributed by atoms with van der Waals surface area (Å²) in [4.78, 5) is 4.16. The molecule has 0 bridgehead atoms. The highest BCUT2D eigenvalue weighted by Gasteiger charge is 2.23. The summed E-state index contributed by atoms with van der Waals surface area (Å²) >= 11 is 1.37. The van der Waals surface area contributed by atoms with Gasteiger partial charge in [0.15, 0.2) is 9.84 Å². The van der Waals surface area contributed by atoms with Crippen molar-refractivity contribution in [2.75, 3.05) is 5.75 Å². The van der Waals surface area contributed by atoms with E-state index < -0.39 is 33.3 Å². The van der Waals surface area contributed by atoms with Crippen LogP contribution in [0.1, 0.15) is 29.3 Å². The Morgan fingerprint density at radius 1 is 1.36 bits per heavy atom. The summed E-state index contributed by atoms with van der Waals surface area (Å²) in [7, 11) is -3.67. The van der Waals surface area contributed by atoms with Crippen molar-refractivity contribution in [3.05, 3.63) is 51.5 Å². The molecule has 0 saturated carbocycles. The van der Waals surface area contributed by atoms with E-state index in [-0.39, 0.29) is 11.3 Å². The first-order valence-corrected chi connectivity index (χ1v) is 9.27. The summed E-state index contributed by atoms with van der Waals surface area (Å²) in [5.41, 5.74) is 0.172. The zero-order chi connectivity index (χ0) is 16.3. The van der Waals surface area contributed by atoms with Crippen LogP contribution in [0, 0.1) is 11.6 Å². The fraction of sp³-hybridized carbons (Fsp3) is 0.357. The zero-order valence-corrected chi connectivity index (χ0v) is 13.4. The average Bonchev–Trinajstić information content (AvgIpc) is 2.84. The number of aryl methyl sites for hydroxylation is 1. The monoisotopic (exact) mass is 347 g/mol. The molecule has 1 aromatic heterocycles. The third kappa shape index (κ3) is 4.31. The maximum Gasteiger partial charge on any atom is 0.158 e. The maximum absolute atomic E-state index is 13.5. The summed E-state index contributed by atoms with van der Waals surface area (Å²) in [6.45, 7) is 1.91. The van der Waals surface area contributed by atoms with E-state index in [0.717, 1.165) is 17.1 Å². The summed E-state index contributed by atoms with van der Waals surface area (Å²) in [5, 5.41) is 12.4. The van der Waals surface area contributed by atoms with Gasteiger partial charge in [0.25, 0.3) is 0 Å². The highest BCUT2D eigenvalue weighted by molar-refractivity contribution is 7.90. The Hall–Kier alpha value is -1.38. The van der Waals surface area contributed by atoms with E-state index in [1.54, 1.807) is 5.38 Å². The predicted molar refractivity (Wildman–Crippen MR) is 80.3 cm³/mol. The lowest BCUT2D eigenvalue weighted by Crippen LogP contribution is -2.17. The van der Waals surface area contributed by atoms with E-state index in [9.17, 15) is 22.3 Å². The van der Waals surface area contributed by atoms with Crippen molar-refractivity contribution in [1.29, 1.82) is 0 Å². The van der Waals surface area contributed by atoms with E-state index in [2.05, 4.69) is 4.98 Å². The van der Waals surface area contributed by atoms with Gasteiger partial charge in [0.05, 0.1) is 28.3 Å². The molecule has 4 nitrogen and oxygen atoms in total. The van der Waals surface area contributed by atoms with Gasteiger partial charge in [-0.3, -0.25) is 0 Å². The van der Waals surface area contributed by atoms with Crippen LogP contribution in [0.4, 0.5) is 8.78 Å². The van der Waals surface area contributed by atoms with Crippen LogP contribution in [0.2, 0.25) is 0 Å². The van der Waals surface area contributed by atoms with Crippen molar-refractivity contribution in [2.45, 2.75) is 25.2 Å². The van der Waals surface area contributed by atoms with E-state index in [1.165, 1.54) is 11.3 Å². The number of halogens is 2. The molecule has 1 unspecified atom stereocenters. The summed E-state index contributed by atoms with van der Waals surface area (Å²) < 4.78 is 50.5. The van der Waals surface area contributed by atoms with Crippen molar-refractivity contribution in [1.82, 2.24) is 4.98 Å². The van der Waals surface area contributed by atoms with Gasteiger partial charge in [-0.05, 0) is 12.5 Å². The molecule has 2 rings (SSSR count). The second kappa shape index (κ2) is 6.80. The number of aromatic nitrogens is 1. The van der Waals surface area contributed by atoms with Crippen LogP contribution < -0.4 is 0 Å². The molecule has 0 fully saturated rings. The Balaban J connectivity index is 2.10. The third-order valence-electron chi connectivity index (χ3n) is 3.00. The fourth-order valence-electron chi connectivity index (χ4n) is 1.96. The maximum atomic E-state index is 13.5. The van der Waals surface area contributed by atoms with E-state index in [0.29, 0.717) is 18.2 Å². The first-order chi connectivity index (χ1) is 10.3. The molecular weight excluding hydrogens is 332 g/mol. The number of sulfone groups is 1. The van der Waals surface area contributed by atoms with Crippen LogP contribution >= 0.6 is 11.3 Å². The zero-order valence-electron chi connectivity index (χ0n) is 11.8. The molecule has 0 spiro atoms. The van der Waals surface area contributed by atoms with Crippen LogP contribution in [0.5, 0.6) is 0 Å². The Bertz CT molecular complexity index is 759. The first kappa shape index (κ1) is 17.0. The van der Waals surface area contributed by atoms with Crippen LogP contribution in [0.25, 0.3) is 0 Å². The fourth-order valence-corrected chi connectivity index (χ4v) is 4.19. The molecule has 8 heteroatoms. The Morgan fingerprint density at radius 2 is 2.09 bits per heavy atom. The molecule has 0 saturated heterocycles. The summed E-state index contributed by atoms with van der Waals surface area (Å²) in [6.07, 6.45) is -0.830. The third-order valence-corrected chi connectivity index (χ3v) is 5.60. The lowest BCUT2D eigenvalue weighted by molar-refractivity contribution is 0.196. The highest BCUT2D eigenvalue weighted by Crippen LogP contribution is 2.21. The smallest absolute Gasteiger partial charge is 0.158 e. The quantitative estimate of drug-likeness (QED) is 0.872. The van der Waals surface area contributed by atoms with Gasteiger partial charge < -0.3 is 5.11 Å². The molecule has 120 valence electrons. The number of nitrogens with zero attached hydrogens (tertiary/aromatic N) is 1. The van der Waals surface area contributed by atoms with E-state index >= 15 is 0 Å². The Labute approximate surface area is 131 Å². The van der Waals surface area contributed by atoms with Crippen LogP contribution in [0.3, 0.4) is 0 Å². The van der Waals surface area contributed by atoms with Crippen molar-refractivity contribution in [3.8, 4) is 0 Å². The molecule has 0 aliphatic heterocycles. The number of hydrogen-bond donors (Lipinski definition) is 1. The number of rotatable bonds is 6. The van der Waals surface area contributed by atoms with Gasteiger partial charge in [-0.2, -0.15) is 0 Å². The lowest BCUT2D eigenvalue weighted by Gasteiger charge is -2.12. The molecule has 1 heterocycles. The summed E-state index contributed by atoms with van der Waals surface area (Å²) in [6, 6.07) is 2.63. The topological polar surface area (TPSA) is 67.3 Å². The number of aliphatic hydroxyl groups is 1. The first-order valence-electron chi connectivity index (χ1n) is 6.57. The molecule has 1 aromatic carbocycles. The van der Waals surface area contributed by atoms with Crippen molar-refractivity contribution in [3.63, 3.8) is 0 Å². The molecule has 0 aliphatic carbocycles. The van der Waals surface area contributed by atoms with Crippen LogP contribution in [-0.2, 0) is 22.0 Å². The van der Waals surface area contributed by atoms with Gasteiger partial charge in [-0.15, -0.1) is 11.3 Å². The van der Waals surface area contributed by atoms with Gasteiger partial charge in [-0.1, -0.05) is 13.0 Å². The predicted octanol–water partition coefficient (Wildman–Crippen LogP) is 2.63. The van der Waals surface area contributed by atoms with Gasteiger partial charge in [-0.25, -0.2) is 22.2 Å². The minimum absolute atomic E-state index is 0.238. The van der Waals surface area contributed by atoms with Crippen LogP contribution in [-0.4, -0.2) is 24.3 Å². The van der Waals surface area contributed by atoms with Crippen LogP contribution in [0.15, 0.2) is 23.6 Å². The molecule has 1 atom stereocenters. The minimum Gasteiger partial charge on any atom is -0.387 e. The van der Waals surface area contributed by atoms with E-state index in [4.69, 9.17) is 0 Å². The number of benzene rings is 1. The van der Waals surface area contributed by atoms with Crippen molar-refractivity contribution in [2.24, 2.45) is 0 Å². The molecule has 0 radical (unpaired) electrons. The highest BCUT2D eigenvalue weighted by atomic mass is 32.2. The number of aliphatic hydroxyl groups excluding tert-OH is 1. The van der Waals surface area contributed by atoms with Gasteiger partial charge in [0, 0.05) is 17.0 Å².